The van der Waals surface area contributed by atoms with E-state index in [1.807, 2.05) is 6.92 Å². The summed E-state index contributed by atoms with van der Waals surface area (Å²) < 4.78 is 27.9. The van der Waals surface area contributed by atoms with Gasteiger partial charge in [0, 0.05) is 30.0 Å². The normalized spacial score (nSPS) is 17.3. The third-order valence-electron chi connectivity index (χ3n) is 3.71. The molecule has 0 aromatic carbocycles. The van der Waals surface area contributed by atoms with Gasteiger partial charge in [0.25, 0.3) is 0 Å². The van der Waals surface area contributed by atoms with E-state index in [1.54, 1.807) is 16.6 Å². The van der Waals surface area contributed by atoms with Gasteiger partial charge in [-0.25, -0.2) is 8.42 Å². The molecule has 0 spiro atoms. The predicted molar refractivity (Wildman–Crippen MR) is 86.6 cm³/mol. The fourth-order valence-electron chi connectivity index (χ4n) is 2.59. The summed E-state index contributed by atoms with van der Waals surface area (Å²) in [5, 5.41) is 3.31. The Labute approximate surface area is 135 Å². The zero-order valence-electron chi connectivity index (χ0n) is 12.3. The van der Waals surface area contributed by atoms with Crippen LogP contribution in [0.4, 0.5) is 0 Å². The molecule has 0 aliphatic carbocycles. The first kappa shape index (κ1) is 16.9. The molecule has 1 N–H and O–H groups in total. The molecular formula is C14H22BrN3O2S. The van der Waals surface area contributed by atoms with Gasteiger partial charge < -0.3 is 5.32 Å². The second-order valence-corrected chi connectivity index (χ2v) is 8.25. The number of rotatable bonds is 6. The van der Waals surface area contributed by atoms with Crippen LogP contribution < -0.4 is 5.32 Å². The van der Waals surface area contributed by atoms with Crippen molar-refractivity contribution < 1.29 is 8.42 Å². The van der Waals surface area contributed by atoms with Gasteiger partial charge in [-0.15, -0.1) is 0 Å². The van der Waals surface area contributed by atoms with Crippen molar-refractivity contribution in [1.29, 1.82) is 0 Å². The molecule has 2 rings (SSSR count). The lowest BCUT2D eigenvalue weighted by molar-refractivity contribution is 0.288. The van der Waals surface area contributed by atoms with Crippen molar-refractivity contribution >= 4 is 26.0 Å². The Kier molecular flexibility index (Phi) is 6.16. The fraction of sp³-hybridized carbons (Fsp3) is 0.643. The van der Waals surface area contributed by atoms with E-state index in [1.165, 1.54) is 6.20 Å². The Bertz CT molecular complexity index is 559. The minimum absolute atomic E-state index is 0.263. The van der Waals surface area contributed by atoms with Crippen LogP contribution >= 0.6 is 15.9 Å². The molecule has 1 aromatic rings. The van der Waals surface area contributed by atoms with Gasteiger partial charge in [-0.3, -0.25) is 4.98 Å². The van der Waals surface area contributed by atoms with Crippen molar-refractivity contribution in [3.63, 3.8) is 0 Å². The van der Waals surface area contributed by atoms with Crippen LogP contribution in [0.15, 0.2) is 27.8 Å². The maximum atomic E-state index is 12.8. The summed E-state index contributed by atoms with van der Waals surface area (Å²) in [4.78, 5) is 4.24. The molecule has 1 aliphatic heterocycles. The van der Waals surface area contributed by atoms with Gasteiger partial charge in [-0.05, 0) is 60.3 Å². The van der Waals surface area contributed by atoms with Crippen LogP contribution in [0.5, 0.6) is 0 Å². The molecule has 0 bridgehead atoms. The summed E-state index contributed by atoms with van der Waals surface area (Å²) in [6.45, 7) is 5.11. The van der Waals surface area contributed by atoms with Crippen molar-refractivity contribution in [2.75, 3.05) is 26.2 Å². The Morgan fingerprint density at radius 3 is 2.71 bits per heavy atom. The highest BCUT2D eigenvalue weighted by molar-refractivity contribution is 9.10. The van der Waals surface area contributed by atoms with Gasteiger partial charge in [0.05, 0.1) is 0 Å². The number of aromatic nitrogens is 1. The van der Waals surface area contributed by atoms with Crippen molar-refractivity contribution in [2.24, 2.45) is 5.92 Å². The van der Waals surface area contributed by atoms with E-state index in [9.17, 15) is 8.42 Å². The van der Waals surface area contributed by atoms with Gasteiger partial charge in [0.15, 0.2) is 0 Å². The van der Waals surface area contributed by atoms with Gasteiger partial charge in [0.2, 0.25) is 10.0 Å². The van der Waals surface area contributed by atoms with Crippen LogP contribution in [0.2, 0.25) is 0 Å². The molecule has 1 saturated heterocycles. The summed E-state index contributed by atoms with van der Waals surface area (Å²) in [5.41, 5.74) is 0. The fourth-order valence-corrected chi connectivity index (χ4v) is 4.71. The lowest BCUT2D eigenvalue weighted by atomic mass is 9.98. The molecule has 0 unspecified atom stereocenters. The molecular weight excluding hydrogens is 354 g/mol. The van der Waals surface area contributed by atoms with Crippen LogP contribution in [0.1, 0.15) is 26.2 Å². The summed E-state index contributed by atoms with van der Waals surface area (Å²) in [5.74, 6) is 0.438. The van der Waals surface area contributed by atoms with E-state index in [2.05, 4.69) is 26.2 Å². The lowest BCUT2D eigenvalue weighted by Crippen LogP contribution is -2.39. The van der Waals surface area contributed by atoms with Crippen LogP contribution in [0, 0.1) is 5.92 Å². The minimum Gasteiger partial charge on any atom is -0.317 e. The highest BCUT2D eigenvalue weighted by atomic mass is 79.9. The molecule has 118 valence electrons. The van der Waals surface area contributed by atoms with Crippen molar-refractivity contribution in [1.82, 2.24) is 14.6 Å². The molecule has 1 aliphatic rings. The summed E-state index contributed by atoms with van der Waals surface area (Å²) >= 11 is 3.29. The number of halogens is 1. The maximum Gasteiger partial charge on any atom is 0.244 e. The molecule has 1 aromatic heterocycles. The number of piperidine rings is 1. The smallest absolute Gasteiger partial charge is 0.244 e. The monoisotopic (exact) mass is 375 g/mol. The first-order valence-corrected chi connectivity index (χ1v) is 9.58. The average Bonchev–Trinajstić information content (AvgIpc) is 2.48. The van der Waals surface area contributed by atoms with Crippen molar-refractivity contribution in [3.8, 4) is 0 Å². The Morgan fingerprint density at radius 1 is 1.38 bits per heavy atom. The topological polar surface area (TPSA) is 62.3 Å². The highest BCUT2D eigenvalue weighted by Gasteiger charge is 2.27. The van der Waals surface area contributed by atoms with E-state index in [0.717, 1.165) is 32.4 Å². The number of pyridine rings is 1. The molecule has 2 heterocycles. The number of hydrogen-bond acceptors (Lipinski definition) is 4. The maximum absolute atomic E-state index is 12.8. The van der Waals surface area contributed by atoms with Gasteiger partial charge in [-0.2, -0.15) is 4.31 Å². The number of nitrogens with zero attached hydrogens (tertiary/aromatic N) is 2. The van der Waals surface area contributed by atoms with E-state index in [-0.39, 0.29) is 4.90 Å². The second kappa shape index (κ2) is 7.67. The molecule has 7 heteroatoms. The van der Waals surface area contributed by atoms with E-state index < -0.39 is 10.0 Å². The molecule has 21 heavy (non-hydrogen) atoms. The zero-order chi connectivity index (χ0) is 15.3. The quantitative estimate of drug-likeness (QED) is 0.827. The Morgan fingerprint density at radius 2 is 2.10 bits per heavy atom. The van der Waals surface area contributed by atoms with Crippen LogP contribution in [0.3, 0.4) is 0 Å². The predicted octanol–water partition coefficient (Wildman–Crippen LogP) is 2.24. The third kappa shape index (κ3) is 4.48. The standard InChI is InChI=1S/C14H22BrN3O2S/c1-2-7-18(11-12-3-5-16-6-4-12)21(19,20)14-8-13(15)9-17-10-14/h8-10,12,16H,2-7,11H2,1H3. The van der Waals surface area contributed by atoms with E-state index in [0.29, 0.717) is 23.5 Å². The SMILES string of the molecule is CCCN(CC1CCNCC1)S(=O)(=O)c1cncc(Br)c1. The van der Waals surface area contributed by atoms with E-state index in [4.69, 9.17) is 0 Å². The number of hydrogen-bond donors (Lipinski definition) is 1. The zero-order valence-corrected chi connectivity index (χ0v) is 14.7. The first-order valence-electron chi connectivity index (χ1n) is 7.35. The third-order valence-corrected chi connectivity index (χ3v) is 5.98. The molecule has 0 atom stereocenters. The molecule has 0 saturated carbocycles. The lowest BCUT2D eigenvalue weighted by Gasteiger charge is -2.29. The average molecular weight is 376 g/mol. The molecule has 0 radical (unpaired) electrons. The molecule has 1 fully saturated rings. The number of nitrogens with one attached hydrogen (secondary N) is 1. The molecule has 5 nitrogen and oxygen atoms in total. The second-order valence-electron chi connectivity index (χ2n) is 5.40. The summed E-state index contributed by atoms with van der Waals surface area (Å²) in [7, 11) is -3.46. The largest absolute Gasteiger partial charge is 0.317 e. The Balaban J connectivity index is 2.19. The van der Waals surface area contributed by atoms with Crippen LogP contribution in [-0.2, 0) is 10.0 Å². The number of sulfonamides is 1. The van der Waals surface area contributed by atoms with Gasteiger partial charge >= 0.3 is 0 Å². The van der Waals surface area contributed by atoms with Crippen LogP contribution in [0.25, 0.3) is 0 Å². The van der Waals surface area contributed by atoms with Crippen LogP contribution in [-0.4, -0.2) is 43.9 Å². The van der Waals surface area contributed by atoms with Crippen molar-refractivity contribution in [3.05, 3.63) is 22.9 Å². The summed E-state index contributed by atoms with van der Waals surface area (Å²) in [6, 6.07) is 1.62. The van der Waals surface area contributed by atoms with Gasteiger partial charge in [0.1, 0.15) is 4.90 Å². The van der Waals surface area contributed by atoms with Crippen molar-refractivity contribution in [2.45, 2.75) is 31.1 Å². The Hall–Kier alpha value is -0.500. The minimum atomic E-state index is -3.46. The molecule has 0 amide bonds. The highest BCUT2D eigenvalue weighted by Crippen LogP contribution is 2.22. The van der Waals surface area contributed by atoms with E-state index >= 15 is 0 Å². The first-order chi connectivity index (χ1) is 10.0. The summed E-state index contributed by atoms with van der Waals surface area (Å²) in [6.07, 6.45) is 5.89. The van der Waals surface area contributed by atoms with Gasteiger partial charge in [-0.1, -0.05) is 6.92 Å².